The zero-order chi connectivity index (χ0) is 16.5. The van der Waals surface area contributed by atoms with Gasteiger partial charge in [-0.1, -0.05) is 26.0 Å². The van der Waals surface area contributed by atoms with Crippen LogP contribution >= 0.6 is 0 Å². The van der Waals surface area contributed by atoms with Gasteiger partial charge in [0.05, 0.1) is 25.4 Å². The molecule has 6 nitrogen and oxygen atoms in total. The summed E-state index contributed by atoms with van der Waals surface area (Å²) in [6.45, 7) is 11.6. The lowest BCUT2D eigenvalue weighted by Gasteiger charge is -2.19. The molecule has 1 fully saturated rings. The van der Waals surface area contributed by atoms with Crippen LogP contribution < -0.4 is 0 Å². The standard InChI is InChI=1S/C16H24O6/c1-5-9-19-15(17)13-11(7-3)21-12(8-4)14(13)16(18)22-20-10-6-2/h7-8,11-14H,3-6,9-10H2,1-2H3. The van der Waals surface area contributed by atoms with Gasteiger partial charge in [0, 0.05) is 0 Å². The molecule has 124 valence electrons. The first kappa shape index (κ1) is 18.4. The second kappa shape index (κ2) is 9.38. The molecule has 0 aromatic heterocycles. The van der Waals surface area contributed by atoms with Gasteiger partial charge in [0.2, 0.25) is 0 Å². The molecular formula is C16H24O6. The molecule has 0 aromatic carbocycles. The third-order valence-corrected chi connectivity index (χ3v) is 3.29. The predicted octanol–water partition coefficient (Wildman–Crippen LogP) is 2.20. The summed E-state index contributed by atoms with van der Waals surface area (Å²) in [6.07, 6.45) is 3.06. The lowest BCUT2D eigenvalue weighted by atomic mass is 9.87. The minimum atomic E-state index is -0.860. The normalized spacial score (nSPS) is 27.2. The van der Waals surface area contributed by atoms with Crippen LogP contribution in [0.1, 0.15) is 26.7 Å². The van der Waals surface area contributed by atoms with Gasteiger partial charge in [-0.3, -0.25) is 9.68 Å². The van der Waals surface area contributed by atoms with Crippen LogP contribution in [0.2, 0.25) is 0 Å². The second-order valence-corrected chi connectivity index (χ2v) is 4.98. The molecule has 4 unspecified atom stereocenters. The first-order chi connectivity index (χ1) is 10.6. The van der Waals surface area contributed by atoms with Crippen molar-refractivity contribution in [2.24, 2.45) is 11.8 Å². The number of hydrogen-bond donors (Lipinski definition) is 0. The number of esters is 1. The third-order valence-electron chi connectivity index (χ3n) is 3.29. The van der Waals surface area contributed by atoms with E-state index in [4.69, 9.17) is 19.2 Å². The molecular weight excluding hydrogens is 288 g/mol. The number of carbonyl (C=O) groups is 2. The molecule has 0 radical (unpaired) electrons. The highest BCUT2D eigenvalue weighted by Gasteiger charge is 2.52. The molecule has 4 atom stereocenters. The number of carbonyl (C=O) groups excluding carboxylic acids is 2. The Morgan fingerprint density at radius 1 is 1.00 bits per heavy atom. The topological polar surface area (TPSA) is 71.1 Å². The molecule has 1 rings (SSSR count). The van der Waals surface area contributed by atoms with Crippen LogP contribution in [0.15, 0.2) is 25.3 Å². The van der Waals surface area contributed by atoms with E-state index in [0.717, 1.165) is 0 Å². The van der Waals surface area contributed by atoms with Crippen LogP contribution in [0, 0.1) is 11.8 Å². The largest absolute Gasteiger partial charge is 0.465 e. The maximum atomic E-state index is 12.2. The van der Waals surface area contributed by atoms with Gasteiger partial charge in [-0.15, -0.1) is 13.2 Å². The van der Waals surface area contributed by atoms with Crippen molar-refractivity contribution in [2.75, 3.05) is 13.2 Å². The number of hydrogen-bond acceptors (Lipinski definition) is 6. The monoisotopic (exact) mass is 312 g/mol. The van der Waals surface area contributed by atoms with Gasteiger partial charge in [-0.05, 0) is 12.8 Å². The number of ether oxygens (including phenoxy) is 2. The Hall–Kier alpha value is -1.66. The van der Waals surface area contributed by atoms with Gasteiger partial charge in [0.15, 0.2) is 0 Å². The molecule has 0 aromatic rings. The van der Waals surface area contributed by atoms with Crippen LogP contribution in [0.4, 0.5) is 0 Å². The molecule has 1 aliphatic rings. The Morgan fingerprint density at radius 3 is 2.05 bits per heavy atom. The van der Waals surface area contributed by atoms with Gasteiger partial charge >= 0.3 is 11.9 Å². The molecule has 0 N–H and O–H groups in total. The third kappa shape index (κ3) is 4.42. The van der Waals surface area contributed by atoms with Crippen molar-refractivity contribution in [1.29, 1.82) is 0 Å². The van der Waals surface area contributed by atoms with E-state index in [2.05, 4.69) is 13.2 Å². The van der Waals surface area contributed by atoms with Crippen molar-refractivity contribution in [1.82, 2.24) is 0 Å². The Bertz CT molecular complexity index is 405. The molecule has 1 heterocycles. The lowest BCUT2D eigenvalue weighted by Crippen LogP contribution is -2.36. The van der Waals surface area contributed by atoms with Crippen molar-refractivity contribution in [3.8, 4) is 0 Å². The van der Waals surface area contributed by atoms with Crippen molar-refractivity contribution in [3.05, 3.63) is 25.3 Å². The summed E-state index contributed by atoms with van der Waals surface area (Å²) in [5.41, 5.74) is 0. The van der Waals surface area contributed by atoms with Gasteiger partial charge < -0.3 is 9.47 Å². The lowest BCUT2D eigenvalue weighted by molar-refractivity contribution is -0.277. The van der Waals surface area contributed by atoms with Crippen LogP contribution in [-0.4, -0.2) is 37.4 Å². The average molecular weight is 312 g/mol. The van der Waals surface area contributed by atoms with Gasteiger partial charge in [-0.2, -0.15) is 4.89 Å². The van der Waals surface area contributed by atoms with E-state index in [1.807, 2.05) is 13.8 Å². The fourth-order valence-corrected chi connectivity index (χ4v) is 2.26. The van der Waals surface area contributed by atoms with Crippen LogP contribution in [0.3, 0.4) is 0 Å². The van der Waals surface area contributed by atoms with Crippen molar-refractivity contribution >= 4 is 11.9 Å². The average Bonchev–Trinajstić information content (AvgIpc) is 2.91. The molecule has 0 saturated carbocycles. The van der Waals surface area contributed by atoms with Crippen LogP contribution in [0.25, 0.3) is 0 Å². The number of rotatable bonds is 9. The van der Waals surface area contributed by atoms with Crippen molar-refractivity contribution in [2.45, 2.75) is 38.9 Å². The summed E-state index contributed by atoms with van der Waals surface area (Å²) in [7, 11) is 0. The highest BCUT2D eigenvalue weighted by Crippen LogP contribution is 2.36. The smallest absolute Gasteiger partial charge is 0.349 e. The minimum Gasteiger partial charge on any atom is -0.465 e. The van der Waals surface area contributed by atoms with E-state index in [1.165, 1.54) is 12.2 Å². The van der Waals surface area contributed by atoms with E-state index < -0.39 is 36.0 Å². The summed E-state index contributed by atoms with van der Waals surface area (Å²) >= 11 is 0. The summed E-state index contributed by atoms with van der Waals surface area (Å²) in [5.74, 6) is -2.85. The zero-order valence-electron chi connectivity index (χ0n) is 13.2. The van der Waals surface area contributed by atoms with Crippen LogP contribution in [0.5, 0.6) is 0 Å². The molecule has 22 heavy (non-hydrogen) atoms. The summed E-state index contributed by atoms with van der Waals surface area (Å²) in [5, 5.41) is 0. The Labute approximate surface area is 131 Å². The summed E-state index contributed by atoms with van der Waals surface area (Å²) < 4.78 is 10.8. The Balaban J connectivity index is 2.88. The maximum Gasteiger partial charge on any atom is 0.349 e. The molecule has 6 heteroatoms. The van der Waals surface area contributed by atoms with Gasteiger partial charge in [0.1, 0.15) is 11.8 Å². The highest BCUT2D eigenvalue weighted by molar-refractivity contribution is 5.84. The molecule has 0 spiro atoms. The first-order valence-electron chi connectivity index (χ1n) is 7.51. The highest BCUT2D eigenvalue weighted by atomic mass is 17.2. The Morgan fingerprint density at radius 2 is 1.55 bits per heavy atom. The predicted molar refractivity (Wildman–Crippen MR) is 79.6 cm³/mol. The molecule has 0 bridgehead atoms. The van der Waals surface area contributed by atoms with E-state index in [1.54, 1.807) is 0 Å². The van der Waals surface area contributed by atoms with Crippen molar-refractivity contribution in [3.63, 3.8) is 0 Å². The SMILES string of the molecule is C=CC1OC(C=C)C(C(=O)OOCCC)C1C(=O)OCCC. The molecule has 1 aliphatic heterocycles. The summed E-state index contributed by atoms with van der Waals surface area (Å²) in [4.78, 5) is 34.0. The first-order valence-corrected chi connectivity index (χ1v) is 7.51. The van der Waals surface area contributed by atoms with E-state index in [0.29, 0.717) is 12.8 Å². The van der Waals surface area contributed by atoms with Crippen LogP contribution in [-0.2, 0) is 28.8 Å². The molecule has 0 amide bonds. The molecule has 0 aliphatic carbocycles. The van der Waals surface area contributed by atoms with E-state index in [-0.39, 0.29) is 13.2 Å². The molecule has 1 saturated heterocycles. The van der Waals surface area contributed by atoms with Gasteiger partial charge in [-0.25, -0.2) is 4.79 Å². The van der Waals surface area contributed by atoms with Gasteiger partial charge in [0.25, 0.3) is 0 Å². The minimum absolute atomic E-state index is 0.284. The zero-order valence-corrected chi connectivity index (χ0v) is 13.2. The second-order valence-electron chi connectivity index (χ2n) is 4.98. The summed E-state index contributed by atoms with van der Waals surface area (Å²) in [6, 6.07) is 0. The quantitative estimate of drug-likeness (QED) is 0.214. The van der Waals surface area contributed by atoms with E-state index in [9.17, 15) is 9.59 Å². The fraction of sp³-hybridized carbons (Fsp3) is 0.625. The van der Waals surface area contributed by atoms with Crippen molar-refractivity contribution < 1.29 is 28.8 Å². The maximum absolute atomic E-state index is 12.2. The Kier molecular flexibility index (Phi) is 7.84. The van der Waals surface area contributed by atoms with E-state index >= 15 is 0 Å². The fourth-order valence-electron chi connectivity index (χ4n) is 2.26.